The number of alkyl halides is 2. The summed E-state index contributed by atoms with van der Waals surface area (Å²) in [7, 11) is 0. The highest BCUT2D eigenvalue weighted by atomic mass is 35.5. The Morgan fingerprint density at radius 2 is 1.33 bits per heavy atom. The van der Waals surface area contributed by atoms with Gasteiger partial charge >= 0.3 is 0 Å². The fraction of sp³-hybridized carbons (Fsp3) is 0.250. The first-order valence-electron chi connectivity index (χ1n) is 3.48. The van der Waals surface area contributed by atoms with Crippen molar-refractivity contribution in [3.63, 3.8) is 0 Å². The number of hydrogen-bond donors (Lipinski definition) is 0. The van der Waals surface area contributed by atoms with Crippen LogP contribution in [0.15, 0.2) is 24.3 Å². The fourth-order valence-corrected chi connectivity index (χ4v) is 1.29. The van der Waals surface area contributed by atoms with E-state index in [1.165, 1.54) is 0 Å². The molecule has 0 amide bonds. The predicted molar refractivity (Wildman–Crippen MR) is 47.0 cm³/mol. The van der Waals surface area contributed by atoms with Crippen LogP contribution in [-0.2, 0) is 0 Å². The maximum Gasteiger partial charge on any atom is 0.222 e. The van der Waals surface area contributed by atoms with Crippen LogP contribution in [0.25, 0.3) is 0 Å². The second-order valence-electron chi connectivity index (χ2n) is 2.38. The minimum Gasteiger partial charge on any atom is -0.465 e. The van der Waals surface area contributed by atoms with E-state index in [4.69, 9.17) is 32.7 Å². The topological polar surface area (TPSA) is 18.5 Å². The third-order valence-corrected chi connectivity index (χ3v) is 2.30. The average molecular weight is 205 g/mol. The van der Waals surface area contributed by atoms with Gasteiger partial charge in [-0.1, -0.05) is 35.3 Å². The van der Waals surface area contributed by atoms with Crippen LogP contribution in [0, 0.1) is 0 Å². The van der Waals surface area contributed by atoms with E-state index in [0.29, 0.717) is 11.5 Å². The Bertz CT molecular complexity index is 261. The minimum atomic E-state index is -0.624. The molecule has 64 valence electrons. The Balaban J connectivity index is 2.34. The molecule has 1 aliphatic rings. The van der Waals surface area contributed by atoms with Crippen molar-refractivity contribution in [2.45, 2.75) is 11.1 Å². The molecule has 0 saturated heterocycles. The largest absolute Gasteiger partial charge is 0.465 e. The minimum absolute atomic E-state index is 0.624. The zero-order valence-corrected chi connectivity index (χ0v) is 7.55. The Hall–Kier alpha value is -0.600. The van der Waals surface area contributed by atoms with E-state index in [1.54, 1.807) is 12.1 Å². The first-order valence-corrected chi connectivity index (χ1v) is 4.35. The smallest absolute Gasteiger partial charge is 0.222 e. The lowest BCUT2D eigenvalue weighted by molar-refractivity contribution is 0.117. The van der Waals surface area contributed by atoms with E-state index < -0.39 is 11.1 Å². The summed E-state index contributed by atoms with van der Waals surface area (Å²) in [6.45, 7) is 0. The predicted octanol–water partition coefficient (Wildman–Crippen LogP) is 2.59. The molecule has 0 spiro atoms. The molecule has 2 nitrogen and oxygen atoms in total. The van der Waals surface area contributed by atoms with Crippen molar-refractivity contribution in [1.29, 1.82) is 0 Å². The number of ether oxygens (including phenoxy) is 2. The van der Waals surface area contributed by atoms with Gasteiger partial charge < -0.3 is 9.47 Å². The number of para-hydroxylation sites is 2. The van der Waals surface area contributed by atoms with Crippen LogP contribution in [0.4, 0.5) is 0 Å². The van der Waals surface area contributed by atoms with Gasteiger partial charge in [-0.15, -0.1) is 0 Å². The molecule has 0 unspecified atom stereocenters. The van der Waals surface area contributed by atoms with E-state index in [2.05, 4.69) is 0 Å². The maximum atomic E-state index is 5.72. The second kappa shape index (κ2) is 3.04. The van der Waals surface area contributed by atoms with Gasteiger partial charge in [-0.3, -0.25) is 0 Å². The molecule has 0 N–H and O–H groups in total. The molecule has 2 atom stereocenters. The van der Waals surface area contributed by atoms with Crippen LogP contribution in [0.3, 0.4) is 0 Å². The van der Waals surface area contributed by atoms with Crippen molar-refractivity contribution in [1.82, 2.24) is 0 Å². The highest BCUT2D eigenvalue weighted by Crippen LogP contribution is 2.35. The van der Waals surface area contributed by atoms with Gasteiger partial charge in [0.1, 0.15) is 0 Å². The Kier molecular flexibility index (Phi) is 2.03. The van der Waals surface area contributed by atoms with Gasteiger partial charge in [0.05, 0.1) is 0 Å². The average Bonchev–Trinajstić information content (AvgIpc) is 2.07. The summed E-state index contributed by atoms with van der Waals surface area (Å²) < 4.78 is 10.5. The van der Waals surface area contributed by atoms with Crippen molar-refractivity contribution in [3.05, 3.63) is 24.3 Å². The number of hydrogen-bond acceptors (Lipinski definition) is 2. The van der Waals surface area contributed by atoms with Gasteiger partial charge in [0.15, 0.2) is 11.5 Å². The number of fused-ring (bicyclic) bond motifs is 1. The Labute approximate surface area is 80.0 Å². The zero-order chi connectivity index (χ0) is 8.55. The van der Waals surface area contributed by atoms with Gasteiger partial charge in [0, 0.05) is 0 Å². The van der Waals surface area contributed by atoms with Crippen LogP contribution in [0.2, 0.25) is 0 Å². The highest BCUT2D eigenvalue weighted by Gasteiger charge is 2.27. The summed E-state index contributed by atoms with van der Waals surface area (Å²) in [5.74, 6) is 1.27. The molecule has 0 aromatic heterocycles. The summed E-state index contributed by atoms with van der Waals surface area (Å²) in [6.07, 6.45) is 0. The number of rotatable bonds is 0. The lowest BCUT2D eigenvalue weighted by atomic mass is 10.3. The SMILES string of the molecule is Cl[C@@H]1Oc2ccccc2O[C@H]1Cl. The quantitative estimate of drug-likeness (QED) is 0.606. The third kappa shape index (κ3) is 1.32. The molecule has 0 fully saturated rings. The molecule has 1 heterocycles. The van der Waals surface area contributed by atoms with Crippen LogP contribution in [0.5, 0.6) is 11.5 Å². The molecule has 12 heavy (non-hydrogen) atoms. The monoisotopic (exact) mass is 204 g/mol. The van der Waals surface area contributed by atoms with Gasteiger partial charge in [-0.25, -0.2) is 0 Å². The Morgan fingerprint density at radius 3 is 1.75 bits per heavy atom. The van der Waals surface area contributed by atoms with Crippen molar-refractivity contribution in [2.24, 2.45) is 0 Å². The van der Waals surface area contributed by atoms with Crippen molar-refractivity contribution in [3.8, 4) is 11.5 Å². The highest BCUT2D eigenvalue weighted by molar-refractivity contribution is 6.29. The lowest BCUT2D eigenvalue weighted by Gasteiger charge is -2.26. The molecule has 0 radical (unpaired) electrons. The van der Waals surface area contributed by atoms with Crippen LogP contribution in [0.1, 0.15) is 0 Å². The molecule has 1 aliphatic heterocycles. The van der Waals surface area contributed by atoms with Crippen molar-refractivity contribution in [2.75, 3.05) is 0 Å². The summed E-state index contributed by atoms with van der Waals surface area (Å²) >= 11 is 11.4. The second-order valence-corrected chi connectivity index (χ2v) is 3.25. The zero-order valence-electron chi connectivity index (χ0n) is 6.04. The standard InChI is InChI=1S/C8H6Cl2O2/c9-7-8(10)12-6-4-2-1-3-5(6)11-7/h1-4,7-8H/t7-,8-/m1/s1. The molecule has 0 aliphatic carbocycles. The molecular weight excluding hydrogens is 199 g/mol. The maximum absolute atomic E-state index is 5.72. The van der Waals surface area contributed by atoms with Crippen LogP contribution >= 0.6 is 23.2 Å². The van der Waals surface area contributed by atoms with Crippen molar-refractivity contribution < 1.29 is 9.47 Å². The molecular formula is C8H6Cl2O2. The first-order chi connectivity index (χ1) is 5.77. The van der Waals surface area contributed by atoms with E-state index >= 15 is 0 Å². The summed E-state index contributed by atoms with van der Waals surface area (Å²) in [4.78, 5) is 0. The molecule has 2 rings (SSSR count). The summed E-state index contributed by atoms with van der Waals surface area (Å²) in [5, 5.41) is 0. The van der Waals surface area contributed by atoms with E-state index in [-0.39, 0.29) is 0 Å². The van der Waals surface area contributed by atoms with E-state index in [0.717, 1.165) is 0 Å². The van der Waals surface area contributed by atoms with Gasteiger partial charge in [-0.05, 0) is 12.1 Å². The summed E-state index contributed by atoms with van der Waals surface area (Å²) in [5.41, 5.74) is -1.25. The van der Waals surface area contributed by atoms with E-state index in [1.807, 2.05) is 12.1 Å². The molecule has 1 aromatic carbocycles. The number of benzene rings is 1. The summed E-state index contributed by atoms with van der Waals surface area (Å²) in [6, 6.07) is 7.27. The fourth-order valence-electron chi connectivity index (χ4n) is 0.994. The molecule has 0 saturated carbocycles. The van der Waals surface area contributed by atoms with Crippen LogP contribution < -0.4 is 9.47 Å². The third-order valence-electron chi connectivity index (χ3n) is 1.53. The molecule has 1 aromatic rings. The van der Waals surface area contributed by atoms with E-state index in [9.17, 15) is 0 Å². The van der Waals surface area contributed by atoms with Gasteiger partial charge in [0.25, 0.3) is 0 Å². The molecule has 0 bridgehead atoms. The van der Waals surface area contributed by atoms with Crippen LogP contribution in [-0.4, -0.2) is 11.1 Å². The Morgan fingerprint density at radius 1 is 0.917 bits per heavy atom. The normalized spacial score (nSPS) is 26.8. The molecule has 4 heteroatoms. The lowest BCUT2D eigenvalue weighted by Crippen LogP contribution is -2.31. The van der Waals surface area contributed by atoms with Gasteiger partial charge in [0.2, 0.25) is 11.1 Å². The number of halogens is 2. The first kappa shape index (κ1) is 8.02. The van der Waals surface area contributed by atoms with Crippen molar-refractivity contribution >= 4 is 23.2 Å². The van der Waals surface area contributed by atoms with Gasteiger partial charge in [-0.2, -0.15) is 0 Å².